The minimum atomic E-state index is -0.631. The third kappa shape index (κ3) is 1.96. The molecule has 3 aliphatic rings. The highest BCUT2D eigenvalue weighted by Gasteiger charge is 2.68. The smallest absolute Gasteiger partial charge is 0.316 e. The molecule has 0 aliphatic carbocycles. The summed E-state index contributed by atoms with van der Waals surface area (Å²) in [5.41, 5.74) is 0.777. The molecule has 0 saturated carbocycles. The number of aliphatic hydroxyl groups is 1. The average molecular weight is 301 g/mol. The number of esters is 1. The standard InChI is InChI=1S/C17H19NO4/c1-2-18-12-8-13(14(18)16-15(12)22-16)21-17(20)11(9-19)10-6-4-3-5-7-10/h2-7,11-16,19H,1,8-9H2. The lowest BCUT2D eigenvalue weighted by molar-refractivity contribution is -0.153. The van der Waals surface area contributed by atoms with Gasteiger partial charge in [0.1, 0.15) is 24.2 Å². The van der Waals surface area contributed by atoms with Gasteiger partial charge in [0.25, 0.3) is 0 Å². The van der Waals surface area contributed by atoms with E-state index < -0.39 is 5.92 Å². The summed E-state index contributed by atoms with van der Waals surface area (Å²) >= 11 is 0. The third-order valence-electron chi connectivity index (χ3n) is 5.01. The Morgan fingerprint density at radius 1 is 1.45 bits per heavy atom. The molecule has 0 spiro atoms. The topological polar surface area (TPSA) is 62.3 Å². The molecule has 3 aliphatic heterocycles. The number of fused-ring (bicyclic) bond motifs is 5. The lowest BCUT2D eigenvalue weighted by atomic mass is 9.96. The highest BCUT2D eigenvalue weighted by atomic mass is 16.6. The van der Waals surface area contributed by atoms with Crippen molar-refractivity contribution in [1.82, 2.24) is 4.90 Å². The number of carbonyl (C=O) groups excluding carboxylic acids is 1. The summed E-state index contributed by atoms with van der Waals surface area (Å²) in [7, 11) is 0. The van der Waals surface area contributed by atoms with Gasteiger partial charge in [-0.3, -0.25) is 4.79 Å². The van der Waals surface area contributed by atoms with Crippen molar-refractivity contribution in [3.8, 4) is 0 Å². The number of carbonyl (C=O) groups is 1. The summed E-state index contributed by atoms with van der Waals surface area (Å²) in [6.45, 7) is 3.59. The molecule has 0 radical (unpaired) electrons. The molecule has 4 rings (SSSR count). The molecule has 5 heteroatoms. The van der Waals surface area contributed by atoms with Crippen LogP contribution in [0.3, 0.4) is 0 Å². The first-order valence-electron chi connectivity index (χ1n) is 7.66. The second kappa shape index (κ2) is 5.11. The molecular formula is C17H19NO4. The molecule has 3 fully saturated rings. The van der Waals surface area contributed by atoms with E-state index in [4.69, 9.17) is 9.47 Å². The fraction of sp³-hybridized carbons (Fsp3) is 0.471. The lowest BCUT2D eigenvalue weighted by Gasteiger charge is -2.25. The summed E-state index contributed by atoms with van der Waals surface area (Å²) in [6, 6.07) is 9.60. The van der Waals surface area contributed by atoms with Crippen LogP contribution in [0.25, 0.3) is 0 Å². The van der Waals surface area contributed by atoms with Crippen LogP contribution in [0.2, 0.25) is 0 Å². The van der Waals surface area contributed by atoms with Gasteiger partial charge >= 0.3 is 5.97 Å². The SMILES string of the molecule is C=CN1C2CC(OC(=O)C(CO)c3ccccc3)C1C1OC12. The quantitative estimate of drug-likeness (QED) is 0.650. The number of rotatable bonds is 5. The highest BCUT2D eigenvalue weighted by Crippen LogP contribution is 2.51. The minimum Gasteiger partial charge on any atom is -0.459 e. The van der Waals surface area contributed by atoms with Gasteiger partial charge in [-0.1, -0.05) is 36.9 Å². The number of hydrogen-bond donors (Lipinski definition) is 1. The number of epoxide rings is 1. The van der Waals surface area contributed by atoms with Gasteiger partial charge in [0.15, 0.2) is 0 Å². The van der Waals surface area contributed by atoms with Crippen molar-refractivity contribution >= 4 is 5.97 Å². The van der Waals surface area contributed by atoms with E-state index in [1.165, 1.54) is 0 Å². The summed E-state index contributed by atoms with van der Waals surface area (Å²) < 4.78 is 11.3. The number of ether oxygens (including phenoxy) is 2. The highest BCUT2D eigenvalue weighted by molar-refractivity contribution is 5.78. The van der Waals surface area contributed by atoms with E-state index in [1.54, 1.807) is 0 Å². The Bertz CT molecular complexity index is 590. The monoisotopic (exact) mass is 301 g/mol. The molecule has 5 nitrogen and oxygen atoms in total. The number of hydrogen-bond acceptors (Lipinski definition) is 5. The maximum Gasteiger partial charge on any atom is 0.316 e. The van der Waals surface area contributed by atoms with Crippen LogP contribution in [0.15, 0.2) is 43.1 Å². The Kier molecular flexibility index (Phi) is 3.20. The Balaban J connectivity index is 1.47. The molecule has 6 unspecified atom stereocenters. The van der Waals surface area contributed by atoms with Gasteiger partial charge in [0.2, 0.25) is 0 Å². The first kappa shape index (κ1) is 13.8. The van der Waals surface area contributed by atoms with Crippen LogP contribution in [-0.4, -0.2) is 53.0 Å². The average Bonchev–Trinajstić information content (AvgIpc) is 3.19. The molecule has 22 heavy (non-hydrogen) atoms. The summed E-state index contributed by atoms with van der Waals surface area (Å²) in [4.78, 5) is 14.6. The van der Waals surface area contributed by atoms with Crippen molar-refractivity contribution in [3.05, 3.63) is 48.7 Å². The van der Waals surface area contributed by atoms with Gasteiger partial charge < -0.3 is 19.5 Å². The van der Waals surface area contributed by atoms with Crippen LogP contribution >= 0.6 is 0 Å². The Morgan fingerprint density at radius 2 is 2.23 bits per heavy atom. The second-order valence-corrected chi connectivity index (χ2v) is 6.11. The molecule has 1 aromatic carbocycles. The number of morpholine rings is 1. The molecule has 3 heterocycles. The largest absolute Gasteiger partial charge is 0.459 e. The summed E-state index contributed by atoms with van der Waals surface area (Å²) in [5.74, 6) is -0.999. The number of aliphatic hydroxyl groups excluding tert-OH is 1. The predicted molar refractivity (Wildman–Crippen MR) is 79.0 cm³/mol. The van der Waals surface area contributed by atoms with Crippen LogP contribution in [0.4, 0.5) is 0 Å². The Labute approximate surface area is 129 Å². The molecule has 116 valence electrons. The zero-order chi connectivity index (χ0) is 15.3. The van der Waals surface area contributed by atoms with Gasteiger partial charge in [-0.25, -0.2) is 0 Å². The van der Waals surface area contributed by atoms with E-state index in [9.17, 15) is 9.90 Å². The van der Waals surface area contributed by atoms with Gasteiger partial charge in [-0.2, -0.15) is 0 Å². The van der Waals surface area contributed by atoms with Crippen molar-refractivity contribution in [3.63, 3.8) is 0 Å². The predicted octanol–water partition coefficient (Wildman–Crippen LogP) is 1.04. The molecule has 6 atom stereocenters. The third-order valence-corrected chi connectivity index (χ3v) is 5.01. The van der Waals surface area contributed by atoms with Crippen molar-refractivity contribution in [2.45, 2.75) is 42.7 Å². The van der Waals surface area contributed by atoms with Crippen LogP contribution in [0, 0.1) is 0 Å². The summed E-state index contributed by atoms with van der Waals surface area (Å²) in [6.07, 6.45) is 2.85. The van der Waals surface area contributed by atoms with E-state index in [0.717, 1.165) is 12.0 Å². The van der Waals surface area contributed by atoms with Crippen molar-refractivity contribution in [1.29, 1.82) is 0 Å². The molecular weight excluding hydrogens is 282 g/mol. The Morgan fingerprint density at radius 3 is 2.86 bits per heavy atom. The van der Waals surface area contributed by atoms with Gasteiger partial charge in [-0.15, -0.1) is 0 Å². The van der Waals surface area contributed by atoms with Crippen LogP contribution in [0.1, 0.15) is 17.9 Å². The first-order chi connectivity index (χ1) is 10.7. The molecule has 0 amide bonds. The van der Waals surface area contributed by atoms with Crippen LogP contribution in [-0.2, 0) is 14.3 Å². The first-order valence-corrected chi connectivity index (χ1v) is 7.66. The summed E-state index contributed by atoms with van der Waals surface area (Å²) in [5, 5.41) is 9.56. The maximum absolute atomic E-state index is 12.5. The van der Waals surface area contributed by atoms with E-state index in [2.05, 4.69) is 11.5 Å². The molecule has 1 N–H and O–H groups in total. The van der Waals surface area contributed by atoms with Crippen molar-refractivity contribution in [2.75, 3.05) is 6.61 Å². The van der Waals surface area contributed by atoms with Crippen LogP contribution in [0.5, 0.6) is 0 Å². The Hall–Kier alpha value is -1.85. The molecule has 1 aromatic rings. The maximum atomic E-state index is 12.5. The zero-order valence-electron chi connectivity index (χ0n) is 12.2. The van der Waals surface area contributed by atoms with Gasteiger partial charge in [0, 0.05) is 6.42 Å². The van der Waals surface area contributed by atoms with Gasteiger partial charge in [0.05, 0.1) is 18.7 Å². The lowest BCUT2D eigenvalue weighted by Crippen LogP contribution is -2.38. The van der Waals surface area contributed by atoms with E-state index in [1.807, 2.05) is 36.5 Å². The minimum absolute atomic E-state index is 0.0755. The number of nitrogens with zero attached hydrogens (tertiary/aromatic N) is 1. The van der Waals surface area contributed by atoms with Crippen molar-refractivity contribution < 1.29 is 19.4 Å². The fourth-order valence-electron chi connectivity index (χ4n) is 3.93. The fourth-order valence-corrected chi connectivity index (χ4v) is 3.93. The molecule has 2 bridgehead atoms. The molecule has 3 saturated heterocycles. The van der Waals surface area contributed by atoms with Crippen LogP contribution < -0.4 is 0 Å². The van der Waals surface area contributed by atoms with Gasteiger partial charge in [-0.05, 0) is 11.8 Å². The van der Waals surface area contributed by atoms with Crippen molar-refractivity contribution in [2.24, 2.45) is 0 Å². The second-order valence-electron chi connectivity index (χ2n) is 6.11. The molecule has 0 aromatic heterocycles. The van der Waals surface area contributed by atoms with E-state index >= 15 is 0 Å². The van der Waals surface area contributed by atoms with E-state index in [0.29, 0.717) is 0 Å². The normalized spacial score (nSPS) is 35.9. The zero-order valence-corrected chi connectivity index (χ0v) is 12.2. The number of benzene rings is 1. The van der Waals surface area contributed by atoms with E-state index in [-0.39, 0.29) is 43.0 Å².